The first-order chi connectivity index (χ1) is 23.8. The van der Waals surface area contributed by atoms with Gasteiger partial charge in [0.25, 0.3) is 0 Å². The number of hydrogen-bond acceptors (Lipinski definition) is 0. The molecule has 3 heteroatoms. The van der Waals surface area contributed by atoms with Crippen LogP contribution in [0.4, 0.5) is 0 Å². The van der Waals surface area contributed by atoms with Crippen molar-refractivity contribution in [3.8, 4) is 11.1 Å². The van der Waals surface area contributed by atoms with Crippen LogP contribution < -0.4 is 24.8 Å². The van der Waals surface area contributed by atoms with Gasteiger partial charge in [0.2, 0.25) is 0 Å². The van der Waals surface area contributed by atoms with Gasteiger partial charge in [-0.05, 0) is 35.4 Å². The summed E-state index contributed by atoms with van der Waals surface area (Å²) >= 11 is 1.44. The van der Waals surface area contributed by atoms with Crippen LogP contribution in [0.25, 0.3) is 32.7 Å². The molecule has 0 aliphatic heterocycles. The van der Waals surface area contributed by atoms with Crippen molar-refractivity contribution in [3.63, 3.8) is 0 Å². The molecular weight excluding hydrogens is 751 g/mol. The van der Waals surface area contributed by atoms with Crippen molar-refractivity contribution >= 4 is 24.8 Å². The molecule has 0 N–H and O–H groups in total. The third-order valence-corrected chi connectivity index (χ3v) is 11.2. The van der Waals surface area contributed by atoms with Gasteiger partial charge in [0.05, 0.1) is 0 Å². The van der Waals surface area contributed by atoms with E-state index in [1.165, 1.54) is 105 Å². The molecule has 2 aliphatic carbocycles. The second-order valence-electron chi connectivity index (χ2n) is 15.7. The van der Waals surface area contributed by atoms with Crippen LogP contribution in [0.2, 0.25) is 0 Å². The van der Waals surface area contributed by atoms with E-state index >= 15 is 0 Å². The molecule has 52 heavy (non-hydrogen) atoms. The Labute approximate surface area is 339 Å². The standard InChI is InChI=1S/C23H29.C21H14.C5H5.2ClH.Zr/c1-14-9-16-11-17-10-15(2)21(23(6,7)8)13-19(17)18(16)12-20(14)22(3,4)5;1-3-7-20-14-16(9-11-18(20)5-1)13-17-10-12-19-6-2-4-8-21(19)15-17;1-2-4-5-3-1;;;/h9,12-13H,11H2,1-8H3;1-12,14-15H;1-3H,4H2;2*1H;/q-1;;-1;;;+2/p-2. The molecule has 0 aromatic heterocycles. The molecule has 0 saturated heterocycles. The molecular formula is C49H48Cl2Zr-2. The van der Waals surface area contributed by atoms with Crippen LogP contribution in [0, 0.1) is 26.0 Å². The molecule has 0 atom stereocenters. The number of hydrogen-bond donors (Lipinski definition) is 0. The van der Waals surface area contributed by atoms with Crippen LogP contribution in [0.5, 0.6) is 0 Å². The summed E-state index contributed by atoms with van der Waals surface area (Å²) in [5.74, 6) is 0. The SMILES string of the molecule is Cc1[c-]c2c(cc1C(C)(C)C)-c1cc(C(C)(C)C)c(C)cc1C2.[C-]1=CC=CC1.[Cl-].[Cl-].[Zr+2]=[C](c1ccc2ccccc2c1)c1ccc2ccccc2c1. The fourth-order valence-electron chi connectivity index (χ4n) is 7.22. The minimum atomic E-state index is 0. The minimum absolute atomic E-state index is 0. The predicted molar refractivity (Wildman–Crippen MR) is 213 cm³/mol. The zero-order chi connectivity index (χ0) is 35.6. The van der Waals surface area contributed by atoms with Crippen LogP contribution in [0.1, 0.15) is 92.5 Å². The first kappa shape index (κ1) is 41.4. The molecule has 0 radical (unpaired) electrons. The molecule has 0 heterocycles. The average Bonchev–Trinajstić information content (AvgIpc) is 3.78. The summed E-state index contributed by atoms with van der Waals surface area (Å²) in [7, 11) is 0. The molecule has 0 fully saturated rings. The molecule has 0 saturated carbocycles. The van der Waals surface area contributed by atoms with Crippen molar-refractivity contribution in [2.24, 2.45) is 0 Å². The zero-order valence-electron chi connectivity index (χ0n) is 31.7. The van der Waals surface area contributed by atoms with E-state index in [9.17, 15) is 0 Å². The Morgan fingerprint density at radius 1 is 0.615 bits per heavy atom. The number of rotatable bonds is 2. The summed E-state index contributed by atoms with van der Waals surface area (Å²) in [6.45, 7) is 18.2. The van der Waals surface area contributed by atoms with E-state index in [2.05, 4.69) is 177 Å². The van der Waals surface area contributed by atoms with Gasteiger partial charge >= 0.3 is 145 Å². The zero-order valence-corrected chi connectivity index (χ0v) is 35.7. The average molecular weight is 799 g/mol. The fourth-order valence-corrected chi connectivity index (χ4v) is 7.98. The van der Waals surface area contributed by atoms with Crippen molar-refractivity contribution in [2.45, 2.75) is 79.1 Å². The Kier molecular flexibility index (Phi) is 13.7. The maximum atomic E-state index is 3.69. The topological polar surface area (TPSA) is 0 Å². The van der Waals surface area contributed by atoms with Gasteiger partial charge in [0.1, 0.15) is 0 Å². The van der Waals surface area contributed by atoms with Crippen molar-refractivity contribution < 1.29 is 49.0 Å². The number of fused-ring (bicyclic) bond motifs is 5. The van der Waals surface area contributed by atoms with Gasteiger partial charge in [-0.25, -0.2) is 12.2 Å². The first-order valence-electron chi connectivity index (χ1n) is 17.8. The van der Waals surface area contributed by atoms with Crippen molar-refractivity contribution in [1.29, 1.82) is 0 Å². The Morgan fingerprint density at radius 2 is 1.13 bits per heavy atom. The number of allylic oxidation sites excluding steroid dienone is 4. The second kappa shape index (κ2) is 17.2. The van der Waals surface area contributed by atoms with E-state index in [0.29, 0.717) is 0 Å². The molecule has 8 rings (SSSR count). The van der Waals surface area contributed by atoms with Crippen LogP contribution in [-0.4, -0.2) is 3.21 Å². The quantitative estimate of drug-likeness (QED) is 0.171. The molecule has 0 bridgehead atoms. The Bertz CT molecular complexity index is 2120. The molecule has 264 valence electrons. The third-order valence-electron chi connectivity index (χ3n) is 9.74. The van der Waals surface area contributed by atoms with Gasteiger partial charge in [-0.2, -0.15) is 23.8 Å². The summed E-state index contributed by atoms with van der Waals surface area (Å²) in [6.07, 6.45) is 11.0. The van der Waals surface area contributed by atoms with E-state index in [1.807, 2.05) is 12.2 Å². The van der Waals surface area contributed by atoms with E-state index in [0.717, 1.165) is 12.8 Å². The van der Waals surface area contributed by atoms with Gasteiger partial charge < -0.3 is 24.8 Å². The molecule has 0 unspecified atom stereocenters. The number of halogens is 2. The van der Waals surface area contributed by atoms with Gasteiger partial charge in [-0.1, -0.05) is 71.6 Å². The number of aryl methyl sites for hydroxylation is 2. The summed E-state index contributed by atoms with van der Waals surface area (Å²) < 4.78 is 1.41. The molecule has 6 aromatic rings. The van der Waals surface area contributed by atoms with Gasteiger partial charge in [-0.3, -0.25) is 6.08 Å². The summed E-state index contributed by atoms with van der Waals surface area (Å²) in [5, 5.41) is 5.21. The molecule has 0 amide bonds. The normalized spacial score (nSPS) is 12.5. The summed E-state index contributed by atoms with van der Waals surface area (Å²) in [5.41, 5.74) is 14.3. The monoisotopic (exact) mass is 796 g/mol. The Balaban J connectivity index is 0.000000198. The Hall–Kier alpha value is -3.35. The summed E-state index contributed by atoms with van der Waals surface area (Å²) in [6, 6.07) is 41.5. The summed E-state index contributed by atoms with van der Waals surface area (Å²) in [4.78, 5) is 0. The molecule has 0 nitrogen and oxygen atoms in total. The predicted octanol–water partition coefficient (Wildman–Crippen LogP) is 6.69. The number of benzene rings is 6. The van der Waals surface area contributed by atoms with Crippen molar-refractivity contribution in [3.05, 3.63) is 178 Å². The maximum absolute atomic E-state index is 3.69. The van der Waals surface area contributed by atoms with Crippen LogP contribution in [0.15, 0.2) is 121 Å². The first-order valence-corrected chi connectivity index (χ1v) is 19.0. The molecule has 6 aromatic carbocycles. The van der Waals surface area contributed by atoms with Gasteiger partial charge in [0.15, 0.2) is 0 Å². The molecule has 0 spiro atoms. The van der Waals surface area contributed by atoms with Crippen molar-refractivity contribution in [2.75, 3.05) is 0 Å². The van der Waals surface area contributed by atoms with E-state index in [-0.39, 0.29) is 35.6 Å². The second-order valence-corrected chi connectivity index (χ2v) is 16.9. The van der Waals surface area contributed by atoms with E-state index in [1.54, 1.807) is 0 Å². The third kappa shape index (κ3) is 9.41. The van der Waals surface area contributed by atoms with Gasteiger partial charge in [0, 0.05) is 0 Å². The van der Waals surface area contributed by atoms with E-state index in [4.69, 9.17) is 0 Å². The van der Waals surface area contributed by atoms with Crippen LogP contribution in [0.3, 0.4) is 0 Å². The van der Waals surface area contributed by atoms with Crippen LogP contribution >= 0.6 is 0 Å². The molecule has 2 aliphatic rings. The van der Waals surface area contributed by atoms with Gasteiger partial charge in [-0.15, -0.1) is 23.1 Å². The van der Waals surface area contributed by atoms with E-state index < -0.39 is 0 Å². The van der Waals surface area contributed by atoms with Crippen LogP contribution in [-0.2, 0) is 41.5 Å². The van der Waals surface area contributed by atoms with Crippen molar-refractivity contribution in [1.82, 2.24) is 0 Å². The Morgan fingerprint density at radius 3 is 1.60 bits per heavy atom. The fraction of sp³-hybridized carbons (Fsp3) is 0.245.